The molecule has 7 heteroatoms. The molecule has 2 aromatic carbocycles. The predicted molar refractivity (Wildman–Crippen MR) is 115 cm³/mol. The summed E-state index contributed by atoms with van der Waals surface area (Å²) in [5.41, 5.74) is 5.20. The van der Waals surface area contributed by atoms with E-state index >= 15 is 0 Å². The Morgan fingerprint density at radius 3 is 2.67 bits per heavy atom. The van der Waals surface area contributed by atoms with E-state index in [4.69, 9.17) is 4.74 Å². The summed E-state index contributed by atoms with van der Waals surface area (Å²) >= 11 is 0. The van der Waals surface area contributed by atoms with Crippen LogP contribution in [0.4, 0.5) is 5.95 Å². The zero-order valence-corrected chi connectivity index (χ0v) is 16.3. The highest BCUT2D eigenvalue weighted by atomic mass is 16.5. The standard InChI is InChI=1S/C23H21N5O2/c24-12-20-21(19-4-2-1-3-5-19)26-23(27-22(20)29)28-25-13-16-6-8-17(9-7-16)14-30-15-18-10-11-18/h1-9,13,18H,10-11,14-15H2,(H2,26,27,28,29). The topological polar surface area (TPSA) is 103 Å². The van der Waals surface area contributed by atoms with Crippen LogP contribution in [0.3, 0.4) is 0 Å². The van der Waals surface area contributed by atoms with E-state index in [1.165, 1.54) is 12.8 Å². The smallest absolute Gasteiger partial charge is 0.270 e. The maximum Gasteiger partial charge on any atom is 0.270 e. The number of nitriles is 1. The van der Waals surface area contributed by atoms with Gasteiger partial charge in [-0.25, -0.2) is 10.4 Å². The highest BCUT2D eigenvalue weighted by Crippen LogP contribution is 2.29. The fourth-order valence-corrected chi connectivity index (χ4v) is 2.93. The van der Waals surface area contributed by atoms with Gasteiger partial charge in [0.25, 0.3) is 5.56 Å². The lowest BCUT2D eigenvalue weighted by atomic mass is 10.1. The minimum absolute atomic E-state index is 0.0322. The Kier molecular flexibility index (Phi) is 5.97. The summed E-state index contributed by atoms with van der Waals surface area (Å²) in [5, 5.41) is 13.5. The third kappa shape index (κ3) is 4.99. The fourth-order valence-electron chi connectivity index (χ4n) is 2.93. The lowest BCUT2D eigenvalue weighted by Gasteiger charge is -2.06. The molecule has 0 saturated heterocycles. The molecular formula is C23H21N5O2. The fraction of sp³-hybridized carbons (Fsp3) is 0.217. The second-order valence-corrected chi connectivity index (χ2v) is 7.19. The lowest BCUT2D eigenvalue weighted by molar-refractivity contribution is 0.111. The first-order valence-electron chi connectivity index (χ1n) is 9.78. The van der Waals surface area contributed by atoms with E-state index in [-0.39, 0.29) is 11.5 Å². The second-order valence-electron chi connectivity index (χ2n) is 7.19. The lowest BCUT2D eigenvalue weighted by Crippen LogP contribution is -2.16. The number of hydrogen-bond acceptors (Lipinski definition) is 6. The molecule has 4 rings (SSSR count). The van der Waals surface area contributed by atoms with Crippen molar-refractivity contribution < 1.29 is 4.74 Å². The van der Waals surface area contributed by atoms with Gasteiger partial charge in [0.2, 0.25) is 5.95 Å². The maximum absolute atomic E-state index is 12.2. The number of hydrogen-bond donors (Lipinski definition) is 2. The van der Waals surface area contributed by atoms with Gasteiger partial charge in [-0.1, -0.05) is 54.6 Å². The van der Waals surface area contributed by atoms with Crippen LogP contribution in [0.25, 0.3) is 11.3 Å². The van der Waals surface area contributed by atoms with Crippen LogP contribution >= 0.6 is 0 Å². The van der Waals surface area contributed by atoms with Crippen LogP contribution in [0.2, 0.25) is 0 Å². The summed E-state index contributed by atoms with van der Waals surface area (Å²) in [6.07, 6.45) is 4.21. The number of nitrogens with zero attached hydrogens (tertiary/aromatic N) is 3. The Morgan fingerprint density at radius 1 is 1.20 bits per heavy atom. The molecule has 7 nitrogen and oxygen atoms in total. The van der Waals surface area contributed by atoms with Crippen molar-refractivity contribution >= 4 is 12.2 Å². The van der Waals surface area contributed by atoms with Gasteiger partial charge in [-0.05, 0) is 29.9 Å². The van der Waals surface area contributed by atoms with Crippen molar-refractivity contribution in [1.82, 2.24) is 9.97 Å². The first-order valence-corrected chi connectivity index (χ1v) is 9.78. The SMILES string of the molecule is N#Cc1c(-c2ccccc2)nc(NN=Cc2ccc(COCC3CC3)cc2)[nH]c1=O. The molecule has 2 N–H and O–H groups in total. The van der Waals surface area contributed by atoms with Gasteiger partial charge in [0.05, 0.1) is 18.5 Å². The highest BCUT2D eigenvalue weighted by molar-refractivity contribution is 5.80. The van der Waals surface area contributed by atoms with E-state index in [2.05, 4.69) is 20.5 Å². The average Bonchev–Trinajstić information content (AvgIpc) is 3.59. The molecule has 0 radical (unpaired) electrons. The molecule has 1 aliphatic rings. The van der Waals surface area contributed by atoms with Crippen molar-refractivity contribution in [1.29, 1.82) is 5.26 Å². The number of benzene rings is 2. The molecule has 150 valence electrons. The van der Waals surface area contributed by atoms with Gasteiger partial charge < -0.3 is 4.74 Å². The summed E-state index contributed by atoms with van der Waals surface area (Å²) in [6.45, 7) is 1.46. The Labute approximate surface area is 174 Å². The Hall–Kier alpha value is -3.76. The largest absolute Gasteiger partial charge is 0.376 e. The molecule has 3 aromatic rings. The quantitative estimate of drug-likeness (QED) is 0.444. The monoisotopic (exact) mass is 399 g/mol. The third-order valence-electron chi connectivity index (χ3n) is 4.76. The van der Waals surface area contributed by atoms with Crippen LogP contribution in [0.15, 0.2) is 64.5 Å². The van der Waals surface area contributed by atoms with Gasteiger partial charge in [0, 0.05) is 12.2 Å². The second kappa shape index (κ2) is 9.16. The molecule has 1 heterocycles. The van der Waals surface area contributed by atoms with Gasteiger partial charge in [-0.3, -0.25) is 9.78 Å². The Bertz CT molecular complexity index is 1130. The molecule has 0 bridgehead atoms. The molecule has 1 saturated carbocycles. The summed E-state index contributed by atoms with van der Waals surface area (Å²) in [4.78, 5) is 19.1. The third-order valence-corrected chi connectivity index (χ3v) is 4.76. The number of ether oxygens (including phenoxy) is 1. The first kappa shape index (κ1) is 19.6. The van der Waals surface area contributed by atoms with E-state index < -0.39 is 5.56 Å². The van der Waals surface area contributed by atoms with Crippen molar-refractivity contribution in [3.8, 4) is 17.3 Å². The van der Waals surface area contributed by atoms with Gasteiger partial charge in [-0.15, -0.1) is 0 Å². The van der Waals surface area contributed by atoms with Gasteiger partial charge in [0.15, 0.2) is 0 Å². The summed E-state index contributed by atoms with van der Waals surface area (Å²) in [5.74, 6) is 0.923. The molecule has 1 aromatic heterocycles. The molecular weight excluding hydrogens is 378 g/mol. The van der Waals surface area contributed by atoms with Crippen molar-refractivity contribution in [3.63, 3.8) is 0 Å². The number of anilines is 1. The van der Waals surface area contributed by atoms with E-state index in [0.29, 0.717) is 17.9 Å². The van der Waals surface area contributed by atoms with Gasteiger partial charge in [-0.2, -0.15) is 10.4 Å². The van der Waals surface area contributed by atoms with E-state index in [1.54, 1.807) is 18.3 Å². The Morgan fingerprint density at radius 2 is 1.97 bits per heavy atom. The van der Waals surface area contributed by atoms with Crippen molar-refractivity contribution in [2.75, 3.05) is 12.0 Å². The summed E-state index contributed by atoms with van der Waals surface area (Å²) in [6, 6.07) is 18.9. The first-order chi connectivity index (χ1) is 14.7. The van der Waals surface area contributed by atoms with Crippen molar-refractivity contribution in [2.24, 2.45) is 11.0 Å². The minimum atomic E-state index is -0.514. The zero-order chi connectivity index (χ0) is 20.8. The number of aromatic nitrogens is 2. The number of rotatable bonds is 8. The Balaban J connectivity index is 1.43. The predicted octanol–water partition coefficient (Wildman–Crippen LogP) is 3.68. The van der Waals surface area contributed by atoms with E-state index in [0.717, 1.165) is 23.7 Å². The molecule has 30 heavy (non-hydrogen) atoms. The van der Waals surface area contributed by atoms with E-state index in [9.17, 15) is 10.1 Å². The average molecular weight is 399 g/mol. The van der Waals surface area contributed by atoms with Crippen molar-refractivity contribution in [3.05, 3.63) is 81.6 Å². The van der Waals surface area contributed by atoms with Gasteiger partial charge in [0.1, 0.15) is 11.6 Å². The highest BCUT2D eigenvalue weighted by Gasteiger charge is 2.20. The number of hydrazone groups is 1. The summed E-state index contributed by atoms with van der Waals surface area (Å²) in [7, 11) is 0. The van der Waals surface area contributed by atoms with Crippen LogP contribution in [0.1, 0.15) is 29.5 Å². The summed E-state index contributed by atoms with van der Waals surface area (Å²) < 4.78 is 5.69. The molecule has 0 amide bonds. The number of H-pyrrole nitrogens is 1. The van der Waals surface area contributed by atoms with E-state index in [1.807, 2.05) is 48.5 Å². The van der Waals surface area contributed by atoms with Crippen LogP contribution in [-0.2, 0) is 11.3 Å². The maximum atomic E-state index is 12.2. The van der Waals surface area contributed by atoms with Crippen LogP contribution in [-0.4, -0.2) is 22.8 Å². The molecule has 1 aliphatic carbocycles. The molecule has 0 unspecified atom stereocenters. The van der Waals surface area contributed by atoms with Crippen LogP contribution < -0.4 is 11.0 Å². The van der Waals surface area contributed by atoms with Crippen LogP contribution in [0.5, 0.6) is 0 Å². The minimum Gasteiger partial charge on any atom is -0.376 e. The number of nitrogens with one attached hydrogen (secondary N) is 2. The van der Waals surface area contributed by atoms with Gasteiger partial charge >= 0.3 is 0 Å². The normalized spacial score (nSPS) is 13.3. The number of aromatic amines is 1. The molecule has 0 aliphatic heterocycles. The van der Waals surface area contributed by atoms with Crippen LogP contribution in [0, 0.1) is 17.2 Å². The van der Waals surface area contributed by atoms with Crippen molar-refractivity contribution in [2.45, 2.75) is 19.4 Å². The molecule has 0 atom stereocenters. The zero-order valence-electron chi connectivity index (χ0n) is 16.3. The molecule has 0 spiro atoms. The molecule has 1 fully saturated rings.